The third-order valence-corrected chi connectivity index (χ3v) is 5.87. The number of piperidine rings is 1. The van der Waals surface area contributed by atoms with Crippen molar-refractivity contribution >= 4 is 23.4 Å². The van der Waals surface area contributed by atoms with Gasteiger partial charge in [0.2, 0.25) is 5.91 Å². The third-order valence-electron chi connectivity index (χ3n) is 5.87. The number of carbonyl (C=O) groups excluding carboxylic acids is 1. The number of anilines is 3. The van der Waals surface area contributed by atoms with E-state index in [4.69, 9.17) is 0 Å². The maximum absolute atomic E-state index is 13.8. The molecule has 160 valence electrons. The molecule has 0 saturated carbocycles. The minimum absolute atomic E-state index is 0.0867. The van der Waals surface area contributed by atoms with Gasteiger partial charge in [-0.2, -0.15) is 0 Å². The van der Waals surface area contributed by atoms with E-state index in [1.54, 1.807) is 24.2 Å². The van der Waals surface area contributed by atoms with Crippen molar-refractivity contribution in [3.05, 3.63) is 35.8 Å². The topological polar surface area (TPSA) is 74.2 Å². The summed E-state index contributed by atoms with van der Waals surface area (Å²) in [6, 6.07) is 3.88. The molecule has 2 fully saturated rings. The second kappa shape index (κ2) is 8.12. The molecule has 2 aromatic rings. The summed E-state index contributed by atoms with van der Waals surface area (Å²) in [5.74, 6) is -0.665. The van der Waals surface area contributed by atoms with E-state index in [0.717, 1.165) is 24.1 Å². The molecule has 0 aromatic carbocycles. The summed E-state index contributed by atoms with van der Waals surface area (Å²) < 4.78 is 27.6. The van der Waals surface area contributed by atoms with Crippen LogP contribution in [0.1, 0.15) is 43.4 Å². The van der Waals surface area contributed by atoms with Crippen LogP contribution in [0, 0.1) is 6.92 Å². The Morgan fingerprint density at radius 1 is 1.17 bits per heavy atom. The lowest BCUT2D eigenvalue weighted by molar-refractivity contribution is -0.129. The first-order valence-corrected chi connectivity index (χ1v) is 10.3. The molecule has 0 unspecified atom stereocenters. The first-order valence-electron chi connectivity index (χ1n) is 10.3. The maximum atomic E-state index is 13.8. The number of alkyl halides is 2. The van der Waals surface area contributed by atoms with Gasteiger partial charge in [-0.15, -0.1) is 0 Å². The third kappa shape index (κ3) is 4.49. The van der Waals surface area contributed by atoms with Gasteiger partial charge in [0.05, 0.1) is 12.2 Å². The van der Waals surface area contributed by atoms with Crippen LogP contribution in [0.5, 0.6) is 0 Å². The van der Waals surface area contributed by atoms with Crippen molar-refractivity contribution in [2.75, 3.05) is 36.4 Å². The van der Waals surface area contributed by atoms with Crippen molar-refractivity contribution in [1.29, 1.82) is 0 Å². The second-order valence-corrected chi connectivity index (χ2v) is 8.07. The molecule has 2 aliphatic rings. The summed E-state index contributed by atoms with van der Waals surface area (Å²) in [5.41, 5.74) is 1.77. The van der Waals surface area contributed by atoms with Crippen LogP contribution < -0.4 is 10.2 Å². The standard InChI is InChI=1S/C21H26F2N6O/c1-14-20(25-7-6-24-14)27-18-11-17(16-3-8-28(9-4-16)15(2)30)12-19(26-18)29-10-5-21(22,23)13-29/h6-7,11-12,16H,3-5,8-10,13H2,1-2H3,(H,25,26,27). The van der Waals surface area contributed by atoms with Crippen LogP contribution in [0.15, 0.2) is 24.5 Å². The van der Waals surface area contributed by atoms with Crippen molar-refractivity contribution in [3.63, 3.8) is 0 Å². The summed E-state index contributed by atoms with van der Waals surface area (Å²) in [6.45, 7) is 4.78. The van der Waals surface area contributed by atoms with Crippen LogP contribution in [-0.2, 0) is 4.79 Å². The summed E-state index contributed by atoms with van der Waals surface area (Å²) in [7, 11) is 0. The second-order valence-electron chi connectivity index (χ2n) is 8.07. The van der Waals surface area contributed by atoms with E-state index in [9.17, 15) is 13.6 Å². The average molecular weight is 416 g/mol. The Labute approximate surface area is 174 Å². The minimum Gasteiger partial charge on any atom is -0.350 e. The average Bonchev–Trinajstić information content (AvgIpc) is 3.09. The van der Waals surface area contributed by atoms with Crippen LogP contribution in [0.25, 0.3) is 0 Å². The Kier molecular flexibility index (Phi) is 5.53. The van der Waals surface area contributed by atoms with Crippen molar-refractivity contribution in [2.45, 2.75) is 45.0 Å². The number of nitrogens with zero attached hydrogens (tertiary/aromatic N) is 5. The molecule has 2 saturated heterocycles. The van der Waals surface area contributed by atoms with Crippen LogP contribution in [0.2, 0.25) is 0 Å². The fraction of sp³-hybridized carbons (Fsp3) is 0.524. The lowest BCUT2D eigenvalue weighted by atomic mass is 9.89. The number of nitrogens with one attached hydrogen (secondary N) is 1. The van der Waals surface area contributed by atoms with Gasteiger partial charge >= 0.3 is 0 Å². The quantitative estimate of drug-likeness (QED) is 0.823. The number of aryl methyl sites for hydroxylation is 1. The van der Waals surface area contributed by atoms with Gasteiger partial charge < -0.3 is 15.1 Å². The van der Waals surface area contributed by atoms with Crippen molar-refractivity contribution in [2.24, 2.45) is 0 Å². The number of carbonyl (C=O) groups is 1. The Morgan fingerprint density at radius 2 is 1.90 bits per heavy atom. The SMILES string of the molecule is CC(=O)N1CCC(c2cc(Nc3nccnc3C)nc(N3CCC(F)(F)C3)c2)CC1. The maximum Gasteiger partial charge on any atom is 0.266 e. The van der Waals surface area contributed by atoms with Crippen molar-refractivity contribution in [1.82, 2.24) is 19.9 Å². The predicted octanol–water partition coefficient (Wildman–Crippen LogP) is 3.49. The van der Waals surface area contributed by atoms with Crippen LogP contribution in [0.3, 0.4) is 0 Å². The number of hydrogen-bond donors (Lipinski definition) is 1. The van der Waals surface area contributed by atoms with Gasteiger partial charge in [0.1, 0.15) is 11.6 Å². The molecule has 4 rings (SSSR count). The van der Waals surface area contributed by atoms with E-state index >= 15 is 0 Å². The Hall–Kier alpha value is -2.84. The first-order chi connectivity index (χ1) is 14.3. The van der Waals surface area contributed by atoms with E-state index in [2.05, 4.69) is 20.3 Å². The number of amides is 1. The number of halogens is 2. The number of aromatic nitrogens is 3. The monoisotopic (exact) mass is 416 g/mol. The van der Waals surface area contributed by atoms with Crippen LogP contribution in [0.4, 0.5) is 26.2 Å². The Balaban J connectivity index is 1.63. The summed E-state index contributed by atoms with van der Waals surface area (Å²) in [6.07, 6.45) is 4.72. The fourth-order valence-electron chi connectivity index (χ4n) is 4.11. The largest absolute Gasteiger partial charge is 0.350 e. The van der Waals surface area contributed by atoms with Crippen molar-refractivity contribution in [3.8, 4) is 0 Å². The van der Waals surface area contributed by atoms with E-state index in [-0.39, 0.29) is 31.3 Å². The smallest absolute Gasteiger partial charge is 0.266 e. The molecular formula is C21H26F2N6O. The van der Waals surface area contributed by atoms with Crippen LogP contribution >= 0.6 is 0 Å². The molecule has 0 bridgehead atoms. The van der Waals surface area contributed by atoms with Gasteiger partial charge in [-0.1, -0.05) is 0 Å². The van der Waals surface area contributed by atoms with Gasteiger partial charge in [0.15, 0.2) is 5.82 Å². The van der Waals surface area contributed by atoms with Gasteiger partial charge in [0.25, 0.3) is 5.92 Å². The van der Waals surface area contributed by atoms with Gasteiger partial charge in [0, 0.05) is 45.4 Å². The zero-order chi connectivity index (χ0) is 21.3. The highest BCUT2D eigenvalue weighted by molar-refractivity contribution is 5.73. The minimum atomic E-state index is -2.69. The molecule has 30 heavy (non-hydrogen) atoms. The Morgan fingerprint density at radius 3 is 2.53 bits per heavy atom. The molecule has 1 N–H and O–H groups in total. The highest BCUT2D eigenvalue weighted by atomic mass is 19.3. The number of rotatable bonds is 4. The van der Waals surface area contributed by atoms with Gasteiger partial charge in [-0.3, -0.25) is 9.78 Å². The molecule has 2 aliphatic heterocycles. The predicted molar refractivity (Wildman–Crippen MR) is 110 cm³/mol. The summed E-state index contributed by atoms with van der Waals surface area (Å²) >= 11 is 0. The van der Waals surface area contributed by atoms with E-state index < -0.39 is 5.92 Å². The molecule has 4 heterocycles. The van der Waals surface area contributed by atoms with Crippen molar-refractivity contribution < 1.29 is 13.6 Å². The molecule has 0 atom stereocenters. The molecule has 2 aromatic heterocycles. The lowest BCUT2D eigenvalue weighted by Gasteiger charge is -2.32. The molecule has 0 radical (unpaired) electrons. The van der Waals surface area contributed by atoms with E-state index in [1.807, 2.05) is 24.0 Å². The number of pyridine rings is 1. The molecular weight excluding hydrogens is 390 g/mol. The first kappa shape index (κ1) is 20.4. The van der Waals surface area contributed by atoms with E-state index in [1.165, 1.54) is 0 Å². The molecule has 1 amide bonds. The number of hydrogen-bond acceptors (Lipinski definition) is 6. The lowest BCUT2D eigenvalue weighted by Crippen LogP contribution is -2.36. The van der Waals surface area contributed by atoms with Gasteiger partial charge in [-0.25, -0.2) is 18.7 Å². The summed E-state index contributed by atoms with van der Waals surface area (Å²) in [5, 5.41) is 3.20. The fourth-order valence-corrected chi connectivity index (χ4v) is 4.11. The Bertz CT molecular complexity index is 929. The zero-order valence-electron chi connectivity index (χ0n) is 17.2. The highest BCUT2D eigenvalue weighted by Crippen LogP contribution is 2.35. The zero-order valence-corrected chi connectivity index (χ0v) is 17.2. The molecule has 0 spiro atoms. The summed E-state index contributed by atoms with van der Waals surface area (Å²) in [4.78, 5) is 28.3. The molecule has 7 nitrogen and oxygen atoms in total. The molecule has 0 aliphatic carbocycles. The molecule has 9 heteroatoms. The highest BCUT2D eigenvalue weighted by Gasteiger charge is 2.39. The normalized spacial score (nSPS) is 19.2. The van der Waals surface area contributed by atoms with E-state index in [0.29, 0.717) is 30.5 Å². The van der Waals surface area contributed by atoms with Gasteiger partial charge in [-0.05, 0) is 43.4 Å². The van der Waals surface area contributed by atoms with Crippen LogP contribution in [-0.4, -0.2) is 57.9 Å². The number of likely N-dealkylation sites (tertiary alicyclic amines) is 1.